The van der Waals surface area contributed by atoms with E-state index in [1.165, 1.54) is 16.5 Å². The molecule has 0 spiro atoms. The highest BCUT2D eigenvalue weighted by Crippen LogP contribution is 2.26. The molecule has 0 N–H and O–H groups in total. The summed E-state index contributed by atoms with van der Waals surface area (Å²) in [4.78, 5) is 18.9. The summed E-state index contributed by atoms with van der Waals surface area (Å²) in [6.45, 7) is 7.40. The quantitative estimate of drug-likeness (QED) is 0.446. The largest absolute Gasteiger partial charge is 0.422 e. The maximum Gasteiger partial charge on any atom is 0.345 e. The molecule has 4 aromatic rings. The van der Waals surface area contributed by atoms with Gasteiger partial charge in [-0.1, -0.05) is 43.0 Å². The van der Waals surface area contributed by atoms with E-state index in [1.54, 1.807) is 23.5 Å². The second kappa shape index (κ2) is 7.02. The number of fused-ring (bicyclic) bond motifs is 1. The fraction of sp³-hybridized carbons (Fsp3) is 0.0476. The van der Waals surface area contributed by atoms with Gasteiger partial charge in [0.05, 0.1) is 11.3 Å². The summed E-state index contributed by atoms with van der Waals surface area (Å²) >= 11 is 7.52. The number of benzene rings is 1. The summed E-state index contributed by atoms with van der Waals surface area (Å²) < 4.78 is 7.25. The van der Waals surface area contributed by atoms with Crippen molar-refractivity contribution in [2.75, 3.05) is 0 Å². The molecule has 0 fully saturated rings. The lowest BCUT2D eigenvalue weighted by atomic mass is 10.1. The van der Waals surface area contributed by atoms with Gasteiger partial charge >= 0.3 is 5.63 Å². The molecule has 6 heteroatoms. The Balaban J connectivity index is 1.68. The van der Waals surface area contributed by atoms with E-state index in [1.807, 2.05) is 41.1 Å². The molecule has 3 aromatic heterocycles. The standard InChI is InChI=1S/C21H15ClN2O2S/c1-3-14-10-17(20(25)26-19(14)4-2)18-12-24-11-16(27-21(24)23-18)9-13-5-7-15(22)8-6-13/h3-8,10-12H,1-2,9H2. The zero-order valence-electron chi connectivity index (χ0n) is 14.3. The van der Waals surface area contributed by atoms with Gasteiger partial charge in [-0.15, -0.1) is 11.3 Å². The molecule has 0 saturated heterocycles. The zero-order valence-corrected chi connectivity index (χ0v) is 15.9. The number of hydrogen-bond acceptors (Lipinski definition) is 4. The molecule has 4 nitrogen and oxygen atoms in total. The van der Waals surface area contributed by atoms with Crippen LogP contribution in [-0.2, 0) is 6.42 Å². The van der Waals surface area contributed by atoms with Gasteiger partial charge in [0, 0.05) is 34.3 Å². The average Bonchev–Trinajstić information content (AvgIpc) is 3.21. The van der Waals surface area contributed by atoms with Crippen molar-refractivity contribution < 1.29 is 4.42 Å². The van der Waals surface area contributed by atoms with Crippen LogP contribution in [0.15, 0.2) is 65.1 Å². The van der Waals surface area contributed by atoms with Gasteiger partial charge < -0.3 is 4.42 Å². The number of rotatable bonds is 5. The number of hydrogen-bond donors (Lipinski definition) is 0. The Labute approximate surface area is 164 Å². The summed E-state index contributed by atoms with van der Waals surface area (Å²) in [5.74, 6) is 0.407. The average molecular weight is 395 g/mol. The molecule has 0 aliphatic carbocycles. The number of nitrogens with zero attached hydrogens (tertiary/aromatic N) is 2. The summed E-state index contributed by atoms with van der Waals surface area (Å²) in [6.07, 6.45) is 7.80. The fourth-order valence-electron chi connectivity index (χ4n) is 2.86. The summed E-state index contributed by atoms with van der Waals surface area (Å²) in [5.41, 5.74) is 2.43. The van der Waals surface area contributed by atoms with Gasteiger partial charge in [0.25, 0.3) is 0 Å². The molecule has 4 rings (SSSR count). The molecule has 0 bridgehead atoms. The summed E-state index contributed by atoms with van der Waals surface area (Å²) in [6, 6.07) is 9.53. The molecule has 0 aliphatic rings. The Kier molecular flexibility index (Phi) is 4.56. The molecule has 3 heterocycles. The first kappa shape index (κ1) is 17.5. The molecule has 0 radical (unpaired) electrons. The van der Waals surface area contributed by atoms with Crippen molar-refractivity contribution in [3.05, 3.63) is 93.1 Å². The van der Waals surface area contributed by atoms with Crippen LogP contribution >= 0.6 is 22.9 Å². The predicted octanol–water partition coefficient (Wildman–Crippen LogP) is 5.55. The van der Waals surface area contributed by atoms with Gasteiger partial charge in [0.2, 0.25) is 0 Å². The number of thiazole rings is 1. The van der Waals surface area contributed by atoms with Gasteiger partial charge in [-0.25, -0.2) is 9.78 Å². The fourth-order valence-corrected chi connectivity index (χ4v) is 3.98. The smallest absolute Gasteiger partial charge is 0.345 e. The predicted molar refractivity (Wildman–Crippen MR) is 111 cm³/mol. The number of halogens is 1. The number of imidazole rings is 1. The third-order valence-corrected chi connectivity index (χ3v) is 5.43. The Morgan fingerprint density at radius 2 is 1.96 bits per heavy atom. The molecule has 0 atom stereocenters. The van der Waals surface area contributed by atoms with Crippen molar-refractivity contribution in [2.45, 2.75) is 6.42 Å². The molecule has 1 aromatic carbocycles. The van der Waals surface area contributed by atoms with E-state index in [4.69, 9.17) is 16.0 Å². The topological polar surface area (TPSA) is 47.5 Å². The maximum atomic E-state index is 12.3. The second-order valence-electron chi connectivity index (χ2n) is 5.99. The van der Waals surface area contributed by atoms with E-state index >= 15 is 0 Å². The minimum atomic E-state index is -0.442. The van der Waals surface area contributed by atoms with Crippen LogP contribution < -0.4 is 5.63 Å². The van der Waals surface area contributed by atoms with Crippen molar-refractivity contribution in [3.63, 3.8) is 0 Å². The Morgan fingerprint density at radius 3 is 2.63 bits per heavy atom. The van der Waals surface area contributed by atoms with Crippen molar-refractivity contribution in [1.82, 2.24) is 9.38 Å². The summed E-state index contributed by atoms with van der Waals surface area (Å²) in [7, 11) is 0. The van der Waals surface area contributed by atoms with Crippen LogP contribution in [0.1, 0.15) is 21.8 Å². The van der Waals surface area contributed by atoms with Crippen LogP contribution in [0.4, 0.5) is 0 Å². The van der Waals surface area contributed by atoms with Crippen molar-refractivity contribution in [3.8, 4) is 11.3 Å². The van der Waals surface area contributed by atoms with Crippen molar-refractivity contribution in [2.24, 2.45) is 0 Å². The SMILES string of the molecule is C=Cc1cc(-c2cn3cc(Cc4ccc(Cl)cc4)sc3n2)c(=O)oc1C=C. The molecule has 27 heavy (non-hydrogen) atoms. The lowest BCUT2D eigenvalue weighted by Crippen LogP contribution is -2.05. The number of aromatic nitrogens is 2. The van der Waals surface area contributed by atoms with E-state index in [0.717, 1.165) is 16.4 Å². The minimum Gasteiger partial charge on any atom is -0.422 e. The van der Waals surface area contributed by atoms with E-state index < -0.39 is 5.63 Å². The monoisotopic (exact) mass is 394 g/mol. The zero-order chi connectivity index (χ0) is 19.0. The van der Waals surface area contributed by atoms with Gasteiger partial charge in [0.1, 0.15) is 5.76 Å². The second-order valence-corrected chi connectivity index (χ2v) is 7.52. The Morgan fingerprint density at radius 1 is 1.19 bits per heavy atom. The van der Waals surface area contributed by atoms with Gasteiger partial charge in [0.15, 0.2) is 4.96 Å². The first-order chi connectivity index (χ1) is 13.1. The van der Waals surface area contributed by atoms with E-state index in [-0.39, 0.29) is 0 Å². The first-order valence-corrected chi connectivity index (χ1v) is 9.42. The van der Waals surface area contributed by atoms with Crippen LogP contribution in [0.3, 0.4) is 0 Å². The van der Waals surface area contributed by atoms with Crippen LogP contribution in [0.25, 0.3) is 28.4 Å². The van der Waals surface area contributed by atoms with Gasteiger partial charge in [-0.2, -0.15) is 0 Å². The molecule has 0 saturated carbocycles. The van der Waals surface area contributed by atoms with Crippen molar-refractivity contribution in [1.29, 1.82) is 0 Å². The highest BCUT2D eigenvalue weighted by molar-refractivity contribution is 7.17. The highest BCUT2D eigenvalue weighted by atomic mass is 35.5. The Bertz CT molecular complexity index is 1180. The van der Waals surface area contributed by atoms with Gasteiger partial charge in [-0.3, -0.25) is 4.40 Å². The minimum absolute atomic E-state index is 0.407. The van der Waals surface area contributed by atoms with E-state index in [9.17, 15) is 4.79 Å². The van der Waals surface area contributed by atoms with Crippen molar-refractivity contribution >= 4 is 40.1 Å². The molecule has 0 unspecified atom stereocenters. The lowest BCUT2D eigenvalue weighted by Gasteiger charge is -2.01. The molecular formula is C21H15ClN2O2S. The maximum absolute atomic E-state index is 12.3. The normalized spacial score (nSPS) is 11.0. The summed E-state index contributed by atoms with van der Waals surface area (Å²) in [5, 5.41) is 0.726. The van der Waals surface area contributed by atoms with E-state index in [2.05, 4.69) is 18.1 Å². The van der Waals surface area contributed by atoms with Crippen LogP contribution in [0.2, 0.25) is 5.02 Å². The molecule has 134 valence electrons. The lowest BCUT2D eigenvalue weighted by molar-refractivity contribution is 0.502. The van der Waals surface area contributed by atoms with E-state index in [0.29, 0.717) is 22.6 Å². The Hall–Kier alpha value is -2.89. The molecular weight excluding hydrogens is 380 g/mol. The molecule has 0 amide bonds. The van der Waals surface area contributed by atoms with Gasteiger partial charge in [-0.05, 0) is 29.8 Å². The molecule has 0 aliphatic heterocycles. The first-order valence-electron chi connectivity index (χ1n) is 8.22. The van der Waals surface area contributed by atoms with Crippen LogP contribution in [0.5, 0.6) is 0 Å². The highest BCUT2D eigenvalue weighted by Gasteiger charge is 2.14. The third kappa shape index (κ3) is 3.39. The van der Waals surface area contributed by atoms with Crippen LogP contribution in [0, 0.1) is 0 Å². The third-order valence-electron chi connectivity index (χ3n) is 4.18. The van der Waals surface area contributed by atoms with Crippen LogP contribution in [-0.4, -0.2) is 9.38 Å².